The first-order valence-corrected chi connectivity index (χ1v) is 10.0. The molecule has 4 rings (SSSR count). The molecule has 1 amide bonds. The van der Waals surface area contributed by atoms with Gasteiger partial charge in [0.1, 0.15) is 6.54 Å². The van der Waals surface area contributed by atoms with Gasteiger partial charge in [-0.2, -0.15) is 5.10 Å². The van der Waals surface area contributed by atoms with Gasteiger partial charge in [-0.1, -0.05) is 72.3 Å². The lowest BCUT2D eigenvalue weighted by Crippen LogP contribution is -2.35. The highest BCUT2D eigenvalue weighted by Crippen LogP contribution is 2.25. The minimum Gasteiger partial charge on any atom is -0.348 e. The molecule has 5 nitrogen and oxygen atoms in total. The lowest BCUT2D eigenvalue weighted by molar-refractivity contribution is -0.122. The van der Waals surface area contributed by atoms with Crippen LogP contribution in [0.4, 0.5) is 0 Å². The van der Waals surface area contributed by atoms with E-state index in [4.69, 9.17) is 11.6 Å². The van der Waals surface area contributed by atoms with Crippen molar-refractivity contribution < 1.29 is 4.79 Å². The lowest BCUT2D eigenvalue weighted by Gasteiger charge is -2.15. The molecule has 0 fully saturated rings. The molecule has 0 radical (unpaired) electrons. The van der Waals surface area contributed by atoms with Crippen LogP contribution in [0.3, 0.4) is 0 Å². The van der Waals surface area contributed by atoms with Gasteiger partial charge in [0, 0.05) is 16.0 Å². The van der Waals surface area contributed by atoms with Crippen LogP contribution in [0.15, 0.2) is 83.7 Å². The maximum atomic E-state index is 13.0. The summed E-state index contributed by atoms with van der Waals surface area (Å²) in [6.07, 6.45) is 0. The predicted octanol–water partition coefficient (Wildman–Crippen LogP) is 4.59. The van der Waals surface area contributed by atoms with Crippen molar-refractivity contribution >= 4 is 28.3 Å². The van der Waals surface area contributed by atoms with Gasteiger partial charge >= 0.3 is 0 Å². The minimum absolute atomic E-state index is 0.165. The van der Waals surface area contributed by atoms with Crippen LogP contribution < -0.4 is 10.9 Å². The molecule has 1 atom stereocenters. The van der Waals surface area contributed by atoms with E-state index in [0.29, 0.717) is 16.1 Å². The zero-order chi connectivity index (χ0) is 21.1. The summed E-state index contributed by atoms with van der Waals surface area (Å²) in [5.74, 6) is -0.279. The van der Waals surface area contributed by atoms with E-state index in [0.717, 1.165) is 16.5 Å². The average Bonchev–Trinajstić information content (AvgIpc) is 2.77. The van der Waals surface area contributed by atoms with Gasteiger partial charge in [0.05, 0.1) is 17.1 Å². The van der Waals surface area contributed by atoms with E-state index < -0.39 is 0 Å². The molecule has 0 aliphatic rings. The molecule has 0 aliphatic heterocycles. The van der Waals surface area contributed by atoms with Crippen molar-refractivity contribution in [2.24, 2.45) is 0 Å². The Morgan fingerprint density at radius 3 is 2.30 bits per heavy atom. The molecular weight excluding hydrogens is 398 g/mol. The molecule has 0 spiro atoms. The molecule has 6 heteroatoms. The Labute approximate surface area is 178 Å². The molecule has 0 unspecified atom stereocenters. The molecule has 3 aromatic carbocycles. The zero-order valence-electron chi connectivity index (χ0n) is 16.4. The average molecular weight is 418 g/mol. The fourth-order valence-electron chi connectivity index (χ4n) is 3.41. The van der Waals surface area contributed by atoms with E-state index in [1.807, 2.05) is 61.5 Å². The maximum Gasteiger partial charge on any atom is 0.275 e. The summed E-state index contributed by atoms with van der Waals surface area (Å²) in [4.78, 5) is 25.6. The minimum atomic E-state index is -0.300. The van der Waals surface area contributed by atoms with Crippen molar-refractivity contribution in [2.45, 2.75) is 19.5 Å². The van der Waals surface area contributed by atoms with Crippen molar-refractivity contribution in [3.05, 3.63) is 99.8 Å². The second-order valence-corrected chi connectivity index (χ2v) is 7.50. The van der Waals surface area contributed by atoms with Gasteiger partial charge in [-0.05, 0) is 30.7 Å². The van der Waals surface area contributed by atoms with E-state index in [9.17, 15) is 9.59 Å². The normalized spacial score (nSPS) is 11.9. The van der Waals surface area contributed by atoms with Gasteiger partial charge in [-0.15, -0.1) is 0 Å². The Morgan fingerprint density at radius 2 is 1.60 bits per heavy atom. The number of benzene rings is 3. The predicted molar refractivity (Wildman–Crippen MR) is 119 cm³/mol. The highest BCUT2D eigenvalue weighted by molar-refractivity contribution is 6.30. The molecule has 4 aromatic rings. The first kappa shape index (κ1) is 19.9. The summed E-state index contributed by atoms with van der Waals surface area (Å²) in [6.45, 7) is 1.74. The summed E-state index contributed by atoms with van der Waals surface area (Å²) < 4.78 is 1.22. The molecule has 1 N–H and O–H groups in total. The highest BCUT2D eigenvalue weighted by Gasteiger charge is 2.15. The molecule has 0 bridgehead atoms. The maximum absolute atomic E-state index is 13.0. The Hall–Kier alpha value is -3.44. The third kappa shape index (κ3) is 4.11. The van der Waals surface area contributed by atoms with Gasteiger partial charge in [0.25, 0.3) is 5.56 Å². The fourth-order valence-corrected chi connectivity index (χ4v) is 3.54. The largest absolute Gasteiger partial charge is 0.348 e. The van der Waals surface area contributed by atoms with Crippen LogP contribution in [0, 0.1) is 0 Å². The topological polar surface area (TPSA) is 64.0 Å². The van der Waals surface area contributed by atoms with Crippen LogP contribution in [-0.2, 0) is 11.3 Å². The van der Waals surface area contributed by atoms with Gasteiger partial charge in [0.2, 0.25) is 5.91 Å². The number of fused-ring (bicyclic) bond motifs is 1. The second-order valence-electron chi connectivity index (χ2n) is 7.06. The molecular formula is C24H20ClN3O2. The second kappa shape index (κ2) is 8.51. The summed E-state index contributed by atoms with van der Waals surface area (Å²) in [6, 6.07) is 24.0. The fraction of sp³-hybridized carbons (Fsp3) is 0.125. The number of nitrogens with one attached hydrogen (secondary N) is 1. The molecule has 1 heterocycles. The number of halogens is 1. The van der Waals surface area contributed by atoms with Crippen LogP contribution in [0.2, 0.25) is 5.02 Å². The Bertz CT molecular complexity index is 1250. The number of aromatic nitrogens is 2. The van der Waals surface area contributed by atoms with Crippen LogP contribution in [0.5, 0.6) is 0 Å². The number of hydrogen-bond acceptors (Lipinski definition) is 3. The van der Waals surface area contributed by atoms with Crippen LogP contribution in [0.25, 0.3) is 22.0 Å². The summed E-state index contributed by atoms with van der Waals surface area (Å²) in [7, 11) is 0. The molecule has 150 valence electrons. The van der Waals surface area contributed by atoms with Crippen molar-refractivity contribution in [1.82, 2.24) is 15.1 Å². The molecule has 1 aromatic heterocycles. The number of hydrogen-bond donors (Lipinski definition) is 1. The van der Waals surface area contributed by atoms with Crippen molar-refractivity contribution in [2.75, 3.05) is 0 Å². The van der Waals surface area contributed by atoms with Gasteiger partial charge in [-0.25, -0.2) is 4.68 Å². The smallest absolute Gasteiger partial charge is 0.275 e. The van der Waals surface area contributed by atoms with Gasteiger partial charge in [0.15, 0.2) is 0 Å². The van der Waals surface area contributed by atoms with E-state index in [1.54, 1.807) is 24.3 Å². The SMILES string of the molecule is C[C@@H](NC(=O)Cn1nc(-c2ccc(Cl)cc2)c2ccccc2c1=O)c1ccccc1. The van der Waals surface area contributed by atoms with E-state index in [1.165, 1.54) is 4.68 Å². The van der Waals surface area contributed by atoms with Gasteiger partial charge in [-0.3, -0.25) is 9.59 Å². The van der Waals surface area contributed by atoms with Crippen molar-refractivity contribution in [3.63, 3.8) is 0 Å². The monoisotopic (exact) mass is 417 g/mol. The Kier molecular flexibility index (Phi) is 5.63. The number of nitrogens with zero attached hydrogens (tertiary/aromatic N) is 2. The quantitative estimate of drug-likeness (QED) is 0.516. The highest BCUT2D eigenvalue weighted by atomic mass is 35.5. The number of amides is 1. The molecule has 0 saturated carbocycles. The number of rotatable bonds is 5. The number of carbonyl (C=O) groups excluding carboxylic acids is 1. The Balaban J connectivity index is 1.69. The zero-order valence-corrected chi connectivity index (χ0v) is 17.1. The summed E-state index contributed by atoms with van der Waals surface area (Å²) >= 11 is 6.01. The van der Waals surface area contributed by atoms with E-state index in [-0.39, 0.29) is 24.1 Å². The van der Waals surface area contributed by atoms with Crippen LogP contribution >= 0.6 is 11.6 Å². The molecule has 30 heavy (non-hydrogen) atoms. The standard InChI is InChI=1S/C24H20ClN3O2/c1-16(17-7-3-2-4-8-17)26-22(29)15-28-24(30)21-10-6-5-9-20(21)23(27-28)18-11-13-19(25)14-12-18/h2-14,16H,15H2,1H3,(H,26,29)/t16-/m1/s1. The van der Waals surface area contributed by atoms with Gasteiger partial charge < -0.3 is 5.32 Å². The Morgan fingerprint density at radius 1 is 0.967 bits per heavy atom. The third-order valence-corrected chi connectivity index (χ3v) is 5.21. The van der Waals surface area contributed by atoms with Crippen LogP contribution in [0.1, 0.15) is 18.5 Å². The van der Waals surface area contributed by atoms with E-state index >= 15 is 0 Å². The number of carbonyl (C=O) groups is 1. The lowest BCUT2D eigenvalue weighted by atomic mass is 10.1. The molecule has 0 aliphatic carbocycles. The first-order valence-electron chi connectivity index (χ1n) is 9.63. The molecule has 0 saturated heterocycles. The summed E-state index contributed by atoms with van der Waals surface area (Å²) in [5.41, 5.74) is 2.14. The first-order chi connectivity index (χ1) is 14.5. The van der Waals surface area contributed by atoms with Crippen molar-refractivity contribution in [3.8, 4) is 11.3 Å². The summed E-state index contributed by atoms with van der Waals surface area (Å²) in [5, 5.41) is 9.32. The van der Waals surface area contributed by atoms with E-state index in [2.05, 4.69) is 10.4 Å². The third-order valence-electron chi connectivity index (χ3n) is 4.96. The van der Waals surface area contributed by atoms with Crippen LogP contribution in [-0.4, -0.2) is 15.7 Å². The van der Waals surface area contributed by atoms with Crippen molar-refractivity contribution in [1.29, 1.82) is 0 Å².